The Balaban J connectivity index is 1.37. The van der Waals surface area contributed by atoms with Crippen LogP contribution in [0.4, 0.5) is 0 Å². The zero-order chi connectivity index (χ0) is 23.3. The van der Waals surface area contributed by atoms with Crippen molar-refractivity contribution in [3.05, 3.63) is 82.6 Å². The Hall–Kier alpha value is -3.34. The molecule has 172 valence electrons. The molecule has 1 aliphatic heterocycles. The predicted octanol–water partition coefficient (Wildman–Crippen LogP) is 1.25. The summed E-state index contributed by atoms with van der Waals surface area (Å²) >= 11 is 0. The molecule has 1 saturated heterocycles. The van der Waals surface area contributed by atoms with Gasteiger partial charge < -0.3 is 10.1 Å². The largest absolute Gasteiger partial charge is 0.379 e. The minimum atomic E-state index is -3.56. The van der Waals surface area contributed by atoms with Crippen LogP contribution in [-0.2, 0) is 32.6 Å². The summed E-state index contributed by atoms with van der Waals surface area (Å²) in [4.78, 5) is 24.7. The summed E-state index contributed by atoms with van der Waals surface area (Å²) in [5, 5.41) is 7.02. The van der Waals surface area contributed by atoms with Gasteiger partial charge in [-0.3, -0.25) is 9.59 Å². The number of benzene rings is 2. The summed E-state index contributed by atoms with van der Waals surface area (Å²) in [5.74, 6) is -0.375. The Morgan fingerprint density at radius 2 is 1.67 bits per heavy atom. The van der Waals surface area contributed by atoms with Gasteiger partial charge in [0.05, 0.1) is 23.8 Å². The Morgan fingerprint density at radius 3 is 2.36 bits per heavy atom. The molecule has 1 fully saturated rings. The van der Waals surface area contributed by atoms with Gasteiger partial charge in [-0.15, -0.1) is 0 Å². The van der Waals surface area contributed by atoms with Gasteiger partial charge in [0.25, 0.3) is 5.56 Å². The lowest BCUT2D eigenvalue weighted by Gasteiger charge is -2.26. The summed E-state index contributed by atoms with van der Waals surface area (Å²) in [7, 11) is -3.56. The first-order valence-electron chi connectivity index (χ1n) is 10.5. The van der Waals surface area contributed by atoms with Gasteiger partial charge in [0.1, 0.15) is 6.54 Å². The average molecular weight is 469 g/mol. The quantitative estimate of drug-likeness (QED) is 0.559. The van der Waals surface area contributed by atoms with Crippen molar-refractivity contribution in [3.8, 4) is 11.3 Å². The number of aromatic nitrogens is 2. The second-order valence-corrected chi connectivity index (χ2v) is 9.46. The molecule has 0 atom stereocenters. The fourth-order valence-corrected chi connectivity index (χ4v) is 4.84. The summed E-state index contributed by atoms with van der Waals surface area (Å²) in [6, 6.07) is 18.8. The Morgan fingerprint density at radius 1 is 0.970 bits per heavy atom. The Labute approximate surface area is 191 Å². The molecule has 4 rings (SSSR count). The summed E-state index contributed by atoms with van der Waals surface area (Å²) in [6.45, 7) is 1.41. The summed E-state index contributed by atoms with van der Waals surface area (Å²) < 4.78 is 33.1. The number of nitrogens with zero attached hydrogens (tertiary/aromatic N) is 3. The van der Waals surface area contributed by atoms with Crippen LogP contribution >= 0.6 is 0 Å². The predicted molar refractivity (Wildman–Crippen MR) is 122 cm³/mol. The van der Waals surface area contributed by atoms with E-state index in [1.165, 1.54) is 22.5 Å². The molecule has 0 bridgehead atoms. The molecular formula is C23H24N4O5S. The second-order valence-electron chi connectivity index (χ2n) is 7.52. The van der Waals surface area contributed by atoms with E-state index in [0.29, 0.717) is 32.0 Å². The van der Waals surface area contributed by atoms with E-state index in [9.17, 15) is 18.0 Å². The Kier molecular flexibility index (Phi) is 6.97. The van der Waals surface area contributed by atoms with E-state index in [0.717, 1.165) is 15.8 Å². The third kappa shape index (κ3) is 5.54. The lowest BCUT2D eigenvalue weighted by molar-refractivity contribution is -0.122. The first-order valence-corrected chi connectivity index (χ1v) is 11.9. The molecule has 0 unspecified atom stereocenters. The van der Waals surface area contributed by atoms with E-state index in [-0.39, 0.29) is 29.5 Å². The van der Waals surface area contributed by atoms with Crippen molar-refractivity contribution >= 4 is 15.9 Å². The van der Waals surface area contributed by atoms with Crippen molar-refractivity contribution < 1.29 is 17.9 Å². The van der Waals surface area contributed by atoms with Crippen molar-refractivity contribution in [2.24, 2.45) is 0 Å². The monoisotopic (exact) mass is 468 g/mol. The van der Waals surface area contributed by atoms with Crippen molar-refractivity contribution in [3.63, 3.8) is 0 Å². The summed E-state index contributed by atoms with van der Waals surface area (Å²) in [6.07, 6.45) is 0. The van der Waals surface area contributed by atoms with Crippen molar-refractivity contribution in [1.82, 2.24) is 19.4 Å². The maximum atomic E-state index is 12.7. The van der Waals surface area contributed by atoms with Gasteiger partial charge in [-0.25, -0.2) is 13.1 Å². The molecule has 1 amide bonds. The van der Waals surface area contributed by atoms with Gasteiger partial charge in [0, 0.05) is 31.3 Å². The highest BCUT2D eigenvalue weighted by molar-refractivity contribution is 7.89. The zero-order valence-electron chi connectivity index (χ0n) is 17.9. The highest BCUT2D eigenvalue weighted by Crippen LogP contribution is 2.18. The van der Waals surface area contributed by atoms with Crippen molar-refractivity contribution in [2.45, 2.75) is 18.0 Å². The van der Waals surface area contributed by atoms with Crippen LogP contribution in [0.2, 0.25) is 0 Å². The summed E-state index contributed by atoms with van der Waals surface area (Å²) in [5.41, 5.74) is 1.81. The minimum Gasteiger partial charge on any atom is -0.379 e. The average Bonchev–Trinajstić information content (AvgIpc) is 2.85. The van der Waals surface area contributed by atoms with Crippen molar-refractivity contribution in [1.29, 1.82) is 0 Å². The van der Waals surface area contributed by atoms with Crippen LogP contribution in [-0.4, -0.2) is 54.7 Å². The zero-order valence-corrected chi connectivity index (χ0v) is 18.7. The van der Waals surface area contributed by atoms with Gasteiger partial charge in [-0.2, -0.15) is 9.40 Å². The molecule has 0 spiro atoms. The first kappa shape index (κ1) is 22.8. The van der Waals surface area contributed by atoms with Gasteiger partial charge in [-0.05, 0) is 23.8 Å². The number of ether oxygens (including phenoxy) is 1. The van der Waals surface area contributed by atoms with Gasteiger partial charge >= 0.3 is 0 Å². The normalized spacial score (nSPS) is 14.7. The Bertz CT molecular complexity index is 1270. The van der Waals surface area contributed by atoms with E-state index >= 15 is 0 Å². The van der Waals surface area contributed by atoms with Crippen LogP contribution < -0.4 is 10.9 Å². The molecule has 2 heterocycles. The number of nitrogens with one attached hydrogen (secondary N) is 1. The SMILES string of the molecule is O=C(Cn1nc(-c2ccccc2)ccc1=O)NCc1ccc(S(=O)(=O)N2CCOCC2)cc1. The molecule has 1 aromatic heterocycles. The van der Waals surface area contributed by atoms with E-state index in [2.05, 4.69) is 10.4 Å². The number of carbonyl (C=O) groups excluding carboxylic acids is 1. The van der Waals surface area contributed by atoms with Crippen LogP contribution in [0, 0.1) is 0 Å². The number of hydrogen-bond donors (Lipinski definition) is 1. The number of rotatable bonds is 7. The molecular weight excluding hydrogens is 444 g/mol. The topological polar surface area (TPSA) is 111 Å². The molecule has 0 radical (unpaired) electrons. The number of hydrogen-bond acceptors (Lipinski definition) is 6. The molecule has 9 nitrogen and oxygen atoms in total. The van der Waals surface area contributed by atoms with Crippen LogP contribution in [0.15, 0.2) is 76.4 Å². The number of morpholine rings is 1. The number of carbonyl (C=O) groups is 1. The first-order chi connectivity index (χ1) is 15.9. The maximum absolute atomic E-state index is 12.7. The van der Waals surface area contributed by atoms with E-state index in [1.54, 1.807) is 18.2 Å². The third-order valence-corrected chi connectivity index (χ3v) is 7.16. The van der Waals surface area contributed by atoms with Gasteiger partial charge in [-0.1, -0.05) is 42.5 Å². The molecule has 0 aliphatic carbocycles. The van der Waals surface area contributed by atoms with Crippen LogP contribution in [0.3, 0.4) is 0 Å². The maximum Gasteiger partial charge on any atom is 0.267 e. The van der Waals surface area contributed by atoms with Gasteiger partial charge in [0.15, 0.2) is 0 Å². The number of amides is 1. The molecule has 1 N–H and O–H groups in total. The molecule has 3 aromatic rings. The standard InChI is InChI=1S/C23H24N4O5S/c28-22(17-27-23(29)11-10-21(25-27)19-4-2-1-3-5-19)24-16-18-6-8-20(9-7-18)33(30,31)26-12-14-32-15-13-26/h1-11H,12-17H2,(H,24,28). The van der Waals surface area contributed by atoms with Crippen LogP contribution in [0.5, 0.6) is 0 Å². The molecule has 1 aliphatic rings. The van der Waals surface area contributed by atoms with E-state index in [4.69, 9.17) is 4.74 Å². The van der Waals surface area contributed by atoms with Gasteiger partial charge in [0.2, 0.25) is 15.9 Å². The molecule has 0 saturated carbocycles. The highest BCUT2D eigenvalue weighted by atomic mass is 32.2. The van der Waals surface area contributed by atoms with E-state index in [1.807, 2.05) is 30.3 Å². The minimum absolute atomic E-state index is 0.198. The van der Waals surface area contributed by atoms with Crippen LogP contribution in [0.1, 0.15) is 5.56 Å². The fraction of sp³-hybridized carbons (Fsp3) is 0.261. The lowest BCUT2D eigenvalue weighted by Crippen LogP contribution is -2.40. The number of sulfonamides is 1. The highest BCUT2D eigenvalue weighted by Gasteiger charge is 2.26. The fourth-order valence-electron chi connectivity index (χ4n) is 3.43. The smallest absolute Gasteiger partial charge is 0.267 e. The lowest BCUT2D eigenvalue weighted by atomic mass is 10.1. The second kappa shape index (κ2) is 10.1. The van der Waals surface area contributed by atoms with Crippen molar-refractivity contribution in [2.75, 3.05) is 26.3 Å². The third-order valence-electron chi connectivity index (χ3n) is 5.25. The molecule has 33 heavy (non-hydrogen) atoms. The van der Waals surface area contributed by atoms with Crippen LogP contribution in [0.25, 0.3) is 11.3 Å². The molecule has 10 heteroatoms. The van der Waals surface area contributed by atoms with E-state index < -0.39 is 10.0 Å². The molecule has 2 aromatic carbocycles.